The highest BCUT2D eigenvalue weighted by atomic mass is 32.2. The molecule has 2 atom stereocenters. The van der Waals surface area contributed by atoms with E-state index in [0.717, 1.165) is 24.0 Å². The summed E-state index contributed by atoms with van der Waals surface area (Å²) in [5, 5.41) is 9.72. The predicted octanol–water partition coefficient (Wildman–Crippen LogP) is 2.64. The minimum Gasteiger partial charge on any atom is -0.394 e. The first-order valence-corrected chi connectivity index (χ1v) is 6.95. The standard InChI is InChI=1S/C12H27NOS/c1-10(2)11(3)15-8-6-5-7-12(4,13)9-14/h10-11,14H,5-9,13H2,1-4H3. The summed E-state index contributed by atoms with van der Waals surface area (Å²) in [6.45, 7) is 8.82. The predicted molar refractivity (Wildman–Crippen MR) is 70.3 cm³/mol. The quantitative estimate of drug-likeness (QED) is 0.634. The molecule has 0 saturated heterocycles. The molecule has 0 aliphatic carbocycles. The Hall–Kier alpha value is 0.270. The number of hydrogen-bond acceptors (Lipinski definition) is 3. The van der Waals surface area contributed by atoms with E-state index in [-0.39, 0.29) is 12.1 Å². The molecule has 0 aromatic carbocycles. The van der Waals surface area contributed by atoms with E-state index < -0.39 is 0 Å². The normalized spacial score (nSPS) is 17.8. The van der Waals surface area contributed by atoms with Crippen LogP contribution in [0.3, 0.4) is 0 Å². The van der Waals surface area contributed by atoms with E-state index in [1.807, 2.05) is 18.7 Å². The highest BCUT2D eigenvalue weighted by molar-refractivity contribution is 7.99. The fourth-order valence-electron chi connectivity index (χ4n) is 1.17. The zero-order valence-electron chi connectivity index (χ0n) is 10.6. The summed E-state index contributed by atoms with van der Waals surface area (Å²) in [6.07, 6.45) is 3.24. The largest absolute Gasteiger partial charge is 0.394 e. The third-order valence-electron chi connectivity index (χ3n) is 2.82. The van der Waals surface area contributed by atoms with Crippen molar-refractivity contribution < 1.29 is 5.11 Å². The van der Waals surface area contributed by atoms with Crippen LogP contribution in [-0.2, 0) is 0 Å². The van der Waals surface area contributed by atoms with Crippen molar-refractivity contribution in [2.24, 2.45) is 11.7 Å². The third-order valence-corrected chi connectivity index (χ3v) is 4.42. The van der Waals surface area contributed by atoms with E-state index in [1.54, 1.807) is 0 Å². The van der Waals surface area contributed by atoms with Gasteiger partial charge in [-0.2, -0.15) is 11.8 Å². The summed E-state index contributed by atoms with van der Waals surface area (Å²) in [6, 6.07) is 0. The monoisotopic (exact) mass is 233 g/mol. The van der Waals surface area contributed by atoms with Gasteiger partial charge in [-0.15, -0.1) is 0 Å². The van der Waals surface area contributed by atoms with Crippen LogP contribution in [0.1, 0.15) is 47.0 Å². The molecule has 0 radical (unpaired) electrons. The van der Waals surface area contributed by atoms with Crippen molar-refractivity contribution in [1.82, 2.24) is 0 Å². The topological polar surface area (TPSA) is 46.2 Å². The van der Waals surface area contributed by atoms with Crippen LogP contribution in [0.5, 0.6) is 0 Å². The summed E-state index contributed by atoms with van der Waals surface area (Å²) in [5.41, 5.74) is 5.47. The van der Waals surface area contributed by atoms with Crippen molar-refractivity contribution >= 4 is 11.8 Å². The second-order valence-corrected chi connectivity index (χ2v) is 6.57. The van der Waals surface area contributed by atoms with Gasteiger partial charge < -0.3 is 10.8 Å². The molecule has 0 aliphatic heterocycles. The molecule has 0 saturated carbocycles. The van der Waals surface area contributed by atoms with Gasteiger partial charge in [0.05, 0.1) is 6.61 Å². The van der Waals surface area contributed by atoms with E-state index in [9.17, 15) is 0 Å². The zero-order valence-corrected chi connectivity index (χ0v) is 11.4. The second kappa shape index (κ2) is 7.53. The minimum absolute atomic E-state index is 0.0859. The summed E-state index contributed by atoms with van der Waals surface area (Å²) in [7, 11) is 0. The van der Waals surface area contributed by atoms with Crippen LogP contribution in [0.4, 0.5) is 0 Å². The van der Waals surface area contributed by atoms with Gasteiger partial charge in [0.25, 0.3) is 0 Å². The molecular weight excluding hydrogens is 206 g/mol. The lowest BCUT2D eigenvalue weighted by atomic mass is 9.98. The lowest BCUT2D eigenvalue weighted by Crippen LogP contribution is -2.39. The van der Waals surface area contributed by atoms with Crippen LogP contribution in [0.25, 0.3) is 0 Å². The van der Waals surface area contributed by atoms with Crippen molar-refractivity contribution in [3.05, 3.63) is 0 Å². The lowest BCUT2D eigenvalue weighted by Gasteiger charge is -2.21. The molecule has 0 heterocycles. The van der Waals surface area contributed by atoms with Crippen LogP contribution >= 0.6 is 11.8 Å². The Morgan fingerprint density at radius 3 is 2.33 bits per heavy atom. The molecule has 2 nitrogen and oxygen atoms in total. The molecule has 0 rings (SSSR count). The zero-order chi connectivity index (χ0) is 11.9. The first-order chi connectivity index (χ1) is 6.89. The van der Waals surface area contributed by atoms with Crippen LogP contribution < -0.4 is 5.73 Å². The van der Waals surface area contributed by atoms with Crippen molar-refractivity contribution in [2.75, 3.05) is 12.4 Å². The minimum atomic E-state index is -0.381. The SMILES string of the molecule is CC(C)C(C)SCCCCC(C)(N)CO. The first kappa shape index (κ1) is 15.3. The molecule has 0 aliphatic rings. The van der Waals surface area contributed by atoms with Gasteiger partial charge in [0.1, 0.15) is 0 Å². The van der Waals surface area contributed by atoms with Crippen molar-refractivity contribution in [3.63, 3.8) is 0 Å². The Morgan fingerprint density at radius 1 is 1.27 bits per heavy atom. The fourth-order valence-corrected chi connectivity index (χ4v) is 2.30. The van der Waals surface area contributed by atoms with Gasteiger partial charge >= 0.3 is 0 Å². The Labute approximate surface area is 99.0 Å². The maximum absolute atomic E-state index is 8.98. The molecule has 0 amide bonds. The average molecular weight is 233 g/mol. The molecule has 3 heteroatoms. The molecule has 0 bridgehead atoms. The Kier molecular flexibility index (Phi) is 7.66. The molecule has 0 fully saturated rings. The highest BCUT2D eigenvalue weighted by Gasteiger charge is 2.15. The molecule has 92 valence electrons. The number of unbranched alkanes of at least 4 members (excludes halogenated alkanes) is 1. The number of rotatable bonds is 8. The molecule has 15 heavy (non-hydrogen) atoms. The number of aliphatic hydroxyl groups is 1. The smallest absolute Gasteiger partial charge is 0.0608 e. The Morgan fingerprint density at radius 2 is 1.87 bits per heavy atom. The molecule has 0 aromatic rings. The summed E-state index contributed by atoms with van der Waals surface area (Å²) in [4.78, 5) is 0. The van der Waals surface area contributed by atoms with E-state index in [1.165, 1.54) is 12.2 Å². The van der Waals surface area contributed by atoms with E-state index in [0.29, 0.717) is 0 Å². The first-order valence-electron chi connectivity index (χ1n) is 5.90. The number of hydrogen-bond donors (Lipinski definition) is 2. The number of thioether (sulfide) groups is 1. The van der Waals surface area contributed by atoms with Gasteiger partial charge in [-0.1, -0.05) is 27.2 Å². The van der Waals surface area contributed by atoms with Gasteiger partial charge in [-0.25, -0.2) is 0 Å². The van der Waals surface area contributed by atoms with E-state index in [2.05, 4.69) is 20.8 Å². The van der Waals surface area contributed by atoms with Gasteiger partial charge in [-0.05, 0) is 31.4 Å². The third kappa shape index (κ3) is 8.12. The molecule has 0 spiro atoms. The molecule has 3 N–H and O–H groups in total. The summed E-state index contributed by atoms with van der Waals surface area (Å²) >= 11 is 2.04. The van der Waals surface area contributed by atoms with Gasteiger partial charge in [0, 0.05) is 10.8 Å². The van der Waals surface area contributed by atoms with Gasteiger partial charge in [0.2, 0.25) is 0 Å². The highest BCUT2D eigenvalue weighted by Crippen LogP contribution is 2.20. The molecule has 2 unspecified atom stereocenters. The fraction of sp³-hybridized carbons (Fsp3) is 1.00. The number of aliphatic hydroxyl groups excluding tert-OH is 1. The maximum Gasteiger partial charge on any atom is 0.0608 e. The Bertz CT molecular complexity index is 160. The van der Waals surface area contributed by atoms with Crippen LogP contribution in [-0.4, -0.2) is 28.3 Å². The lowest BCUT2D eigenvalue weighted by molar-refractivity contribution is 0.198. The van der Waals surface area contributed by atoms with E-state index in [4.69, 9.17) is 10.8 Å². The van der Waals surface area contributed by atoms with Crippen LogP contribution in [0.15, 0.2) is 0 Å². The van der Waals surface area contributed by atoms with Crippen molar-refractivity contribution in [3.8, 4) is 0 Å². The molecular formula is C12H27NOS. The summed E-state index contributed by atoms with van der Waals surface area (Å²) < 4.78 is 0. The number of nitrogens with two attached hydrogens (primary N) is 1. The van der Waals surface area contributed by atoms with Crippen LogP contribution in [0.2, 0.25) is 0 Å². The molecule has 0 aromatic heterocycles. The van der Waals surface area contributed by atoms with Gasteiger partial charge in [0.15, 0.2) is 0 Å². The van der Waals surface area contributed by atoms with Crippen LogP contribution in [0, 0.1) is 5.92 Å². The summed E-state index contributed by atoms with van der Waals surface area (Å²) in [5.74, 6) is 1.97. The Balaban J connectivity index is 3.40. The maximum atomic E-state index is 8.98. The second-order valence-electron chi connectivity index (χ2n) is 5.09. The van der Waals surface area contributed by atoms with Gasteiger partial charge in [-0.3, -0.25) is 0 Å². The van der Waals surface area contributed by atoms with E-state index >= 15 is 0 Å². The average Bonchev–Trinajstić information content (AvgIpc) is 2.16. The van der Waals surface area contributed by atoms with Crippen molar-refractivity contribution in [2.45, 2.75) is 57.7 Å². The van der Waals surface area contributed by atoms with Crippen molar-refractivity contribution in [1.29, 1.82) is 0 Å².